The number of aromatic hydroxyl groups is 2. The molecule has 0 saturated carbocycles. The number of hydrogen-bond acceptors (Lipinski definition) is 6. The molecular weight excluding hydrogens is 328 g/mol. The number of amides is 1. The van der Waals surface area contributed by atoms with Crippen LogP contribution in [0, 0.1) is 0 Å². The van der Waals surface area contributed by atoms with Gasteiger partial charge >= 0.3 is 5.69 Å². The summed E-state index contributed by atoms with van der Waals surface area (Å²) in [6.45, 7) is 1.34. The van der Waals surface area contributed by atoms with E-state index < -0.39 is 23.2 Å². The van der Waals surface area contributed by atoms with Crippen LogP contribution in [0.25, 0.3) is 0 Å². The predicted octanol–water partition coefficient (Wildman–Crippen LogP) is 0.182. The molecule has 1 aromatic carbocycles. The molecule has 0 saturated heterocycles. The average Bonchev–Trinajstić information content (AvgIpc) is 2.98. The molecule has 1 aromatic heterocycles. The zero-order valence-electron chi connectivity index (χ0n) is 13.6. The normalized spacial score (nSPS) is 16.8. The zero-order valence-corrected chi connectivity index (χ0v) is 13.6. The number of phenols is 1. The van der Waals surface area contributed by atoms with E-state index in [1.165, 1.54) is 31.1 Å². The first-order chi connectivity index (χ1) is 11.8. The number of nitrogens with one attached hydrogen (secondary N) is 1. The maximum absolute atomic E-state index is 12.1. The highest BCUT2D eigenvalue weighted by molar-refractivity contribution is 6.04. The smallest absolute Gasteiger partial charge is 0.330 e. The Balaban J connectivity index is 2.08. The first-order valence-electron chi connectivity index (χ1n) is 7.48. The summed E-state index contributed by atoms with van der Waals surface area (Å²) in [5, 5.41) is 25.0. The molecule has 3 N–H and O–H groups in total. The number of carbonyl (C=O) groups excluding carboxylic acids is 1. The van der Waals surface area contributed by atoms with E-state index in [0.717, 1.165) is 4.57 Å². The molecule has 0 spiro atoms. The highest BCUT2D eigenvalue weighted by Gasteiger charge is 2.34. The summed E-state index contributed by atoms with van der Waals surface area (Å²) in [5.41, 5.74) is -0.748. The van der Waals surface area contributed by atoms with Crippen LogP contribution >= 0.6 is 0 Å². The van der Waals surface area contributed by atoms with Gasteiger partial charge in [0.25, 0.3) is 5.56 Å². The van der Waals surface area contributed by atoms with Gasteiger partial charge in [0.1, 0.15) is 11.3 Å². The average molecular weight is 344 g/mol. The largest absolute Gasteiger partial charge is 0.508 e. The van der Waals surface area contributed by atoms with E-state index in [1.54, 1.807) is 12.1 Å². The van der Waals surface area contributed by atoms with Crippen LogP contribution in [0.2, 0.25) is 0 Å². The van der Waals surface area contributed by atoms with Gasteiger partial charge in [0.15, 0.2) is 0 Å². The van der Waals surface area contributed by atoms with Crippen LogP contribution in [0.1, 0.15) is 30.5 Å². The van der Waals surface area contributed by atoms with Gasteiger partial charge in [-0.15, -0.1) is 0 Å². The number of nitrogens with zero attached hydrogens (tertiary/aromatic N) is 3. The van der Waals surface area contributed by atoms with Crippen LogP contribution in [0.15, 0.2) is 39.0 Å². The van der Waals surface area contributed by atoms with Crippen LogP contribution in [0.4, 0.5) is 0 Å². The van der Waals surface area contributed by atoms with Crippen molar-refractivity contribution in [3.63, 3.8) is 0 Å². The van der Waals surface area contributed by atoms with Gasteiger partial charge in [-0.1, -0.05) is 12.1 Å². The Morgan fingerprint density at radius 2 is 1.88 bits per heavy atom. The fraction of sp³-hybridized carbons (Fsp3) is 0.250. The number of aromatic amines is 1. The number of aromatic nitrogens is 2. The number of rotatable bonds is 2. The molecule has 25 heavy (non-hydrogen) atoms. The van der Waals surface area contributed by atoms with Crippen molar-refractivity contribution in [2.75, 3.05) is 0 Å². The van der Waals surface area contributed by atoms with E-state index in [4.69, 9.17) is 0 Å². The predicted molar refractivity (Wildman–Crippen MR) is 88.5 cm³/mol. The molecule has 1 atom stereocenters. The number of benzene rings is 1. The van der Waals surface area contributed by atoms with E-state index in [9.17, 15) is 24.6 Å². The van der Waals surface area contributed by atoms with Gasteiger partial charge < -0.3 is 10.2 Å². The van der Waals surface area contributed by atoms with Crippen LogP contribution in [0.3, 0.4) is 0 Å². The second kappa shape index (κ2) is 5.93. The number of phenolic OH excluding ortho intramolecular Hbond substituents is 1. The molecule has 0 radical (unpaired) electrons. The second-order valence-electron chi connectivity index (χ2n) is 5.74. The second-order valence-corrected chi connectivity index (χ2v) is 5.74. The minimum absolute atomic E-state index is 0.0874. The Morgan fingerprint density at radius 1 is 1.24 bits per heavy atom. The molecule has 0 aliphatic carbocycles. The summed E-state index contributed by atoms with van der Waals surface area (Å²) < 4.78 is 0.894. The van der Waals surface area contributed by atoms with Crippen LogP contribution in [0.5, 0.6) is 11.6 Å². The van der Waals surface area contributed by atoms with E-state index in [0.29, 0.717) is 5.56 Å². The van der Waals surface area contributed by atoms with Gasteiger partial charge in [-0.3, -0.25) is 19.1 Å². The number of hydrazone groups is 1. The van der Waals surface area contributed by atoms with Crippen molar-refractivity contribution in [2.24, 2.45) is 12.1 Å². The molecule has 1 unspecified atom stereocenters. The van der Waals surface area contributed by atoms with Gasteiger partial charge in [0, 0.05) is 20.4 Å². The topological polar surface area (TPSA) is 128 Å². The van der Waals surface area contributed by atoms with Crippen LogP contribution in [-0.4, -0.2) is 36.4 Å². The van der Waals surface area contributed by atoms with Gasteiger partial charge in [-0.05, 0) is 17.7 Å². The Kier molecular flexibility index (Phi) is 3.91. The third-order valence-electron chi connectivity index (χ3n) is 4.09. The highest BCUT2D eigenvalue weighted by atomic mass is 16.3. The molecular formula is C16H16N4O5. The monoisotopic (exact) mass is 344 g/mol. The standard InChI is InChI=1S/C16H16N4O5/c1-8(21)20-12(9-3-5-10(22)6-4-9)7-11(18-20)13-14(23)17-16(25)19(2)15(13)24/h3-6,12,22,24H,7H2,1-2H3,(H,17,23,25). The Bertz CT molecular complexity index is 987. The SMILES string of the molecule is CC(=O)N1N=C(c2c(O)n(C)c(=O)[nH]c2=O)CC1c1ccc(O)cc1. The van der Waals surface area contributed by atoms with E-state index >= 15 is 0 Å². The molecule has 1 aliphatic heterocycles. The van der Waals surface area contributed by atoms with Gasteiger partial charge in [0.05, 0.1) is 11.8 Å². The summed E-state index contributed by atoms with van der Waals surface area (Å²) in [6.07, 6.45) is 0.180. The van der Waals surface area contributed by atoms with Crippen molar-refractivity contribution in [1.82, 2.24) is 14.6 Å². The Labute approximate surface area is 141 Å². The lowest BCUT2D eigenvalue weighted by atomic mass is 9.99. The Hall–Kier alpha value is -3.36. The molecule has 9 heteroatoms. The van der Waals surface area contributed by atoms with E-state index in [-0.39, 0.29) is 29.4 Å². The lowest BCUT2D eigenvalue weighted by molar-refractivity contribution is -0.130. The molecule has 130 valence electrons. The van der Waals surface area contributed by atoms with E-state index in [2.05, 4.69) is 10.1 Å². The van der Waals surface area contributed by atoms with Crippen molar-refractivity contribution >= 4 is 11.6 Å². The molecule has 1 aliphatic rings. The first-order valence-corrected chi connectivity index (χ1v) is 7.48. The fourth-order valence-corrected chi connectivity index (χ4v) is 2.78. The molecule has 2 heterocycles. The first kappa shape index (κ1) is 16.5. The summed E-state index contributed by atoms with van der Waals surface area (Å²) in [4.78, 5) is 37.7. The van der Waals surface area contributed by atoms with Gasteiger partial charge in [-0.25, -0.2) is 9.80 Å². The van der Waals surface area contributed by atoms with E-state index in [1.807, 2.05) is 0 Å². The lowest BCUT2D eigenvalue weighted by Gasteiger charge is -2.20. The lowest BCUT2D eigenvalue weighted by Crippen LogP contribution is -2.32. The van der Waals surface area contributed by atoms with Crippen LogP contribution in [-0.2, 0) is 11.8 Å². The molecule has 9 nitrogen and oxygen atoms in total. The minimum atomic E-state index is -0.769. The summed E-state index contributed by atoms with van der Waals surface area (Å²) >= 11 is 0. The van der Waals surface area contributed by atoms with Crippen molar-refractivity contribution in [3.8, 4) is 11.6 Å². The van der Waals surface area contributed by atoms with Crippen molar-refractivity contribution in [3.05, 3.63) is 56.2 Å². The number of hydrogen-bond donors (Lipinski definition) is 3. The van der Waals surface area contributed by atoms with Gasteiger partial charge in [-0.2, -0.15) is 5.10 Å². The highest BCUT2D eigenvalue weighted by Crippen LogP contribution is 2.33. The molecule has 1 amide bonds. The number of H-pyrrole nitrogens is 1. The fourth-order valence-electron chi connectivity index (χ4n) is 2.78. The minimum Gasteiger partial charge on any atom is -0.508 e. The van der Waals surface area contributed by atoms with Crippen LogP contribution < -0.4 is 11.2 Å². The maximum atomic E-state index is 12.1. The van der Waals surface area contributed by atoms with Crippen molar-refractivity contribution in [2.45, 2.75) is 19.4 Å². The summed E-state index contributed by atoms with van der Waals surface area (Å²) in [7, 11) is 1.31. The summed E-state index contributed by atoms with van der Waals surface area (Å²) in [6, 6.07) is 5.80. The molecule has 2 aromatic rings. The zero-order chi connectivity index (χ0) is 18.3. The molecule has 0 bridgehead atoms. The maximum Gasteiger partial charge on any atom is 0.330 e. The molecule has 0 fully saturated rings. The number of carbonyl (C=O) groups is 1. The van der Waals surface area contributed by atoms with Gasteiger partial charge in [0.2, 0.25) is 11.8 Å². The quantitative estimate of drug-likeness (QED) is 0.716. The third-order valence-corrected chi connectivity index (χ3v) is 4.09. The Morgan fingerprint density at radius 3 is 2.48 bits per heavy atom. The third kappa shape index (κ3) is 2.80. The van der Waals surface area contributed by atoms with Crippen molar-refractivity contribution in [1.29, 1.82) is 0 Å². The van der Waals surface area contributed by atoms with Crippen molar-refractivity contribution < 1.29 is 15.0 Å². The molecule has 3 rings (SSSR count). The summed E-state index contributed by atoms with van der Waals surface area (Å²) in [5.74, 6) is -0.763.